The van der Waals surface area contributed by atoms with Gasteiger partial charge in [-0.25, -0.2) is 15.0 Å². The van der Waals surface area contributed by atoms with Gasteiger partial charge in [0.15, 0.2) is 0 Å². The molecule has 0 spiro atoms. The second-order valence-electron chi connectivity index (χ2n) is 4.70. The largest absolute Gasteiger partial charge is 0.384 e. The van der Waals surface area contributed by atoms with Crippen LogP contribution < -0.4 is 11.1 Å². The molecule has 5 nitrogen and oxygen atoms in total. The van der Waals surface area contributed by atoms with Crippen molar-refractivity contribution in [2.75, 3.05) is 17.6 Å². The normalized spacial score (nSPS) is 14.4. The molecule has 19 heavy (non-hydrogen) atoms. The van der Waals surface area contributed by atoms with E-state index in [1.807, 2.05) is 6.07 Å². The summed E-state index contributed by atoms with van der Waals surface area (Å²) >= 11 is 6.12. The zero-order chi connectivity index (χ0) is 13.2. The van der Waals surface area contributed by atoms with E-state index in [1.54, 1.807) is 6.07 Å². The number of nitrogens with two attached hydrogens (primary N) is 1. The first-order valence-corrected chi connectivity index (χ1v) is 6.57. The Kier molecular flexibility index (Phi) is 3.21. The number of nitrogens with zero attached hydrogens (tertiary/aromatic N) is 3. The molecule has 0 aliphatic heterocycles. The molecule has 6 heteroatoms. The van der Waals surface area contributed by atoms with E-state index in [1.165, 1.54) is 25.4 Å². The molecule has 0 aromatic carbocycles. The van der Waals surface area contributed by atoms with E-state index in [0.29, 0.717) is 10.8 Å². The predicted octanol–water partition coefficient (Wildman–Crippen LogP) is 2.60. The topological polar surface area (TPSA) is 76.7 Å². The summed E-state index contributed by atoms with van der Waals surface area (Å²) in [5.74, 6) is 2.02. The first kappa shape index (κ1) is 12.2. The standard InChI is InChI=1S/C13H14ClN5/c14-10-6-16-12(15)3-9(10)11-4-13(19-7-18-11)17-5-8-1-2-8/h3-4,6-8H,1-2,5H2,(H2,15,16)(H,17,18,19). The average Bonchev–Trinajstić information content (AvgIpc) is 3.24. The molecule has 3 N–H and O–H groups in total. The fourth-order valence-electron chi connectivity index (χ4n) is 1.82. The summed E-state index contributed by atoms with van der Waals surface area (Å²) in [6, 6.07) is 3.60. The van der Waals surface area contributed by atoms with Gasteiger partial charge in [0, 0.05) is 24.4 Å². The third kappa shape index (κ3) is 2.93. The first-order chi connectivity index (χ1) is 9.22. The van der Waals surface area contributed by atoms with Crippen molar-refractivity contribution in [3.63, 3.8) is 0 Å². The Morgan fingerprint density at radius 3 is 2.89 bits per heavy atom. The minimum absolute atomic E-state index is 0.422. The summed E-state index contributed by atoms with van der Waals surface area (Å²) in [7, 11) is 0. The van der Waals surface area contributed by atoms with Gasteiger partial charge >= 0.3 is 0 Å². The zero-order valence-corrected chi connectivity index (χ0v) is 11.1. The molecule has 0 atom stereocenters. The monoisotopic (exact) mass is 275 g/mol. The molecular formula is C13H14ClN5. The molecular weight excluding hydrogens is 262 g/mol. The van der Waals surface area contributed by atoms with Gasteiger partial charge in [-0.15, -0.1) is 0 Å². The molecule has 2 aromatic rings. The number of hydrogen-bond acceptors (Lipinski definition) is 5. The molecule has 1 aliphatic carbocycles. The molecule has 0 radical (unpaired) electrons. The van der Waals surface area contributed by atoms with Gasteiger partial charge in [-0.05, 0) is 24.8 Å². The second-order valence-corrected chi connectivity index (χ2v) is 5.11. The highest BCUT2D eigenvalue weighted by atomic mass is 35.5. The molecule has 2 heterocycles. The molecule has 3 rings (SSSR count). The molecule has 0 amide bonds. The van der Waals surface area contributed by atoms with Gasteiger partial charge in [-0.1, -0.05) is 11.6 Å². The molecule has 0 bridgehead atoms. The average molecular weight is 276 g/mol. The van der Waals surface area contributed by atoms with Crippen LogP contribution in [0.4, 0.5) is 11.6 Å². The number of halogens is 1. The Hall–Kier alpha value is -1.88. The lowest BCUT2D eigenvalue weighted by molar-refractivity contribution is 0.881. The number of pyridine rings is 1. The summed E-state index contributed by atoms with van der Waals surface area (Å²) in [6.07, 6.45) is 5.67. The predicted molar refractivity (Wildman–Crippen MR) is 75.9 cm³/mol. The van der Waals surface area contributed by atoms with E-state index in [9.17, 15) is 0 Å². The maximum atomic E-state index is 6.12. The number of nitrogen functional groups attached to an aromatic ring is 1. The lowest BCUT2D eigenvalue weighted by atomic mass is 10.2. The van der Waals surface area contributed by atoms with E-state index < -0.39 is 0 Å². The van der Waals surface area contributed by atoms with Gasteiger partial charge in [0.25, 0.3) is 0 Å². The fraction of sp³-hybridized carbons (Fsp3) is 0.308. The molecule has 1 aliphatic rings. The summed E-state index contributed by atoms with van der Waals surface area (Å²) in [5.41, 5.74) is 7.19. The van der Waals surface area contributed by atoms with E-state index in [2.05, 4.69) is 20.3 Å². The Morgan fingerprint density at radius 2 is 2.11 bits per heavy atom. The summed E-state index contributed by atoms with van der Waals surface area (Å²) in [4.78, 5) is 12.4. The summed E-state index contributed by atoms with van der Waals surface area (Å²) in [6.45, 7) is 0.961. The molecule has 98 valence electrons. The SMILES string of the molecule is Nc1cc(-c2cc(NCC3CC3)ncn2)c(Cl)cn1. The van der Waals surface area contributed by atoms with Crippen molar-refractivity contribution < 1.29 is 0 Å². The van der Waals surface area contributed by atoms with Crippen LogP contribution in [0.1, 0.15) is 12.8 Å². The van der Waals surface area contributed by atoms with E-state index in [4.69, 9.17) is 17.3 Å². The third-order valence-corrected chi connectivity index (χ3v) is 3.39. The van der Waals surface area contributed by atoms with Gasteiger partial charge in [-0.3, -0.25) is 0 Å². The molecule has 2 aromatic heterocycles. The zero-order valence-electron chi connectivity index (χ0n) is 10.3. The number of aromatic nitrogens is 3. The van der Waals surface area contributed by atoms with Gasteiger partial charge < -0.3 is 11.1 Å². The van der Waals surface area contributed by atoms with Crippen LogP contribution in [0.3, 0.4) is 0 Å². The Bertz CT molecular complexity index is 597. The second kappa shape index (κ2) is 5.01. The highest BCUT2D eigenvalue weighted by Gasteiger charge is 2.20. The highest BCUT2D eigenvalue weighted by Crippen LogP contribution is 2.30. The maximum Gasteiger partial charge on any atom is 0.129 e. The molecule has 1 saturated carbocycles. The van der Waals surface area contributed by atoms with Crippen molar-refractivity contribution >= 4 is 23.2 Å². The number of anilines is 2. The lowest BCUT2D eigenvalue weighted by Crippen LogP contribution is -2.05. The third-order valence-electron chi connectivity index (χ3n) is 3.09. The van der Waals surface area contributed by atoms with Crippen molar-refractivity contribution in [2.24, 2.45) is 5.92 Å². The minimum Gasteiger partial charge on any atom is -0.384 e. The van der Waals surface area contributed by atoms with Crippen LogP contribution in [0.15, 0.2) is 24.7 Å². The maximum absolute atomic E-state index is 6.12. The van der Waals surface area contributed by atoms with Crippen molar-refractivity contribution in [1.82, 2.24) is 15.0 Å². The van der Waals surface area contributed by atoms with Crippen LogP contribution in [0.2, 0.25) is 5.02 Å². The lowest BCUT2D eigenvalue weighted by Gasteiger charge is -2.07. The van der Waals surface area contributed by atoms with Crippen LogP contribution in [-0.4, -0.2) is 21.5 Å². The number of nitrogens with one attached hydrogen (secondary N) is 1. The molecule has 0 saturated heterocycles. The van der Waals surface area contributed by atoms with Crippen LogP contribution in [0, 0.1) is 5.92 Å². The van der Waals surface area contributed by atoms with Crippen LogP contribution in [-0.2, 0) is 0 Å². The Labute approximate surface area is 116 Å². The Balaban J connectivity index is 1.86. The smallest absolute Gasteiger partial charge is 0.129 e. The van der Waals surface area contributed by atoms with Crippen LogP contribution in [0.5, 0.6) is 0 Å². The van der Waals surface area contributed by atoms with Gasteiger partial charge in [-0.2, -0.15) is 0 Å². The Morgan fingerprint density at radius 1 is 1.26 bits per heavy atom. The van der Waals surface area contributed by atoms with Crippen molar-refractivity contribution in [3.8, 4) is 11.3 Å². The summed E-state index contributed by atoms with van der Waals surface area (Å²) in [5, 5.41) is 3.84. The highest BCUT2D eigenvalue weighted by molar-refractivity contribution is 6.33. The fourth-order valence-corrected chi connectivity index (χ4v) is 2.02. The van der Waals surface area contributed by atoms with Crippen molar-refractivity contribution in [2.45, 2.75) is 12.8 Å². The first-order valence-electron chi connectivity index (χ1n) is 6.19. The van der Waals surface area contributed by atoms with Gasteiger partial charge in [0.2, 0.25) is 0 Å². The van der Waals surface area contributed by atoms with Crippen molar-refractivity contribution in [1.29, 1.82) is 0 Å². The molecule has 0 unspecified atom stereocenters. The van der Waals surface area contributed by atoms with Gasteiger partial charge in [0.1, 0.15) is 18.0 Å². The van der Waals surface area contributed by atoms with Crippen molar-refractivity contribution in [3.05, 3.63) is 29.7 Å². The van der Waals surface area contributed by atoms with E-state index in [0.717, 1.165) is 29.5 Å². The van der Waals surface area contributed by atoms with E-state index in [-0.39, 0.29) is 0 Å². The summed E-state index contributed by atoms with van der Waals surface area (Å²) < 4.78 is 0. The number of hydrogen-bond donors (Lipinski definition) is 2. The van der Waals surface area contributed by atoms with Crippen LogP contribution >= 0.6 is 11.6 Å². The quantitative estimate of drug-likeness (QED) is 0.897. The van der Waals surface area contributed by atoms with Crippen LogP contribution in [0.25, 0.3) is 11.3 Å². The van der Waals surface area contributed by atoms with E-state index >= 15 is 0 Å². The minimum atomic E-state index is 0.422. The number of rotatable bonds is 4. The van der Waals surface area contributed by atoms with Gasteiger partial charge in [0.05, 0.1) is 10.7 Å². The molecule has 1 fully saturated rings.